The molecule has 0 saturated heterocycles. The number of nitrogens with zero attached hydrogens (tertiary/aromatic N) is 2. The minimum absolute atomic E-state index is 0.322. The fourth-order valence-corrected chi connectivity index (χ4v) is 3.45. The zero-order chi connectivity index (χ0) is 14.8. The summed E-state index contributed by atoms with van der Waals surface area (Å²) in [6, 6.07) is 21.9. The van der Waals surface area contributed by atoms with Crippen molar-refractivity contribution in [2.24, 2.45) is 0 Å². The van der Waals surface area contributed by atoms with Gasteiger partial charge in [-0.2, -0.15) is 0 Å². The number of rotatable bonds is 3. The van der Waals surface area contributed by atoms with Crippen molar-refractivity contribution in [2.45, 2.75) is 18.5 Å². The van der Waals surface area contributed by atoms with Crippen LogP contribution in [0.15, 0.2) is 73.1 Å². The van der Waals surface area contributed by atoms with Crippen LogP contribution in [0, 0.1) is 0 Å². The van der Waals surface area contributed by atoms with Gasteiger partial charge >= 0.3 is 0 Å². The Morgan fingerprint density at radius 3 is 2.23 bits per heavy atom. The lowest BCUT2D eigenvalue weighted by molar-refractivity contribution is 0.364. The van der Waals surface area contributed by atoms with Crippen LogP contribution >= 0.6 is 0 Å². The van der Waals surface area contributed by atoms with E-state index in [-0.39, 0.29) is 0 Å². The fraction of sp³-hybridized carbons (Fsp3) is 0.211. The van der Waals surface area contributed by atoms with Crippen molar-refractivity contribution in [1.29, 1.82) is 0 Å². The lowest BCUT2D eigenvalue weighted by Crippen LogP contribution is -2.36. The molecule has 3 heteroatoms. The monoisotopic (exact) mass is 289 g/mol. The summed E-state index contributed by atoms with van der Waals surface area (Å²) in [4.78, 5) is 4.48. The van der Waals surface area contributed by atoms with Gasteiger partial charge in [-0.05, 0) is 11.1 Å². The maximum absolute atomic E-state index is 4.48. The van der Waals surface area contributed by atoms with Gasteiger partial charge in [0.1, 0.15) is 5.82 Å². The van der Waals surface area contributed by atoms with Gasteiger partial charge in [0.15, 0.2) is 0 Å². The van der Waals surface area contributed by atoms with Crippen molar-refractivity contribution in [2.75, 3.05) is 6.54 Å². The molecule has 0 radical (unpaired) electrons. The standard InChI is InChI=1S/C19H19N3/c1-3-7-15(8-4-1)19(16-9-5-2-6-10-16)17-13-20-14-18-21-11-12-22(17)18/h1-12,17,19-20H,13-14H2. The minimum atomic E-state index is 0.322. The first-order valence-electron chi connectivity index (χ1n) is 7.76. The van der Waals surface area contributed by atoms with Gasteiger partial charge in [0.05, 0.1) is 12.6 Å². The molecular formula is C19H19N3. The molecule has 3 nitrogen and oxygen atoms in total. The largest absolute Gasteiger partial charge is 0.329 e. The Labute approximate surface area is 130 Å². The van der Waals surface area contributed by atoms with Gasteiger partial charge in [-0.1, -0.05) is 60.7 Å². The Morgan fingerprint density at radius 2 is 1.59 bits per heavy atom. The van der Waals surface area contributed by atoms with Gasteiger partial charge in [-0.25, -0.2) is 4.98 Å². The minimum Gasteiger partial charge on any atom is -0.329 e. The molecule has 0 amide bonds. The van der Waals surface area contributed by atoms with Crippen LogP contribution in [0.5, 0.6) is 0 Å². The number of benzene rings is 2. The maximum Gasteiger partial charge on any atom is 0.122 e. The van der Waals surface area contributed by atoms with Gasteiger partial charge in [0.2, 0.25) is 0 Å². The van der Waals surface area contributed by atoms with Crippen LogP contribution in [0.1, 0.15) is 28.9 Å². The van der Waals surface area contributed by atoms with Crippen LogP contribution in [0.25, 0.3) is 0 Å². The lowest BCUT2D eigenvalue weighted by atomic mass is 9.84. The molecular weight excluding hydrogens is 270 g/mol. The smallest absolute Gasteiger partial charge is 0.122 e. The highest BCUT2D eigenvalue weighted by Gasteiger charge is 2.29. The third-order valence-electron chi connectivity index (χ3n) is 4.44. The third kappa shape index (κ3) is 2.34. The van der Waals surface area contributed by atoms with Crippen LogP contribution in [-0.2, 0) is 6.54 Å². The number of aromatic nitrogens is 2. The first kappa shape index (κ1) is 13.3. The number of hydrogen-bond donors (Lipinski definition) is 1. The van der Waals surface area contributed by atoms with Crippen molar-refractivity contribution < 1.29 is 0 Å². The summed E-state index contributed by atoms with van der Waals surface area (Å²) < 4.78 is 2.33. The highest BCUT2D eigenvalue weighted by atomic mass is 15.2. The normalized spacial score (nSPS) is 17.4. The number of fused-ring (bicyclic) bond motifs is 1. The predicted octanol–water partition coefficient (Wildman–Crippen LogP) is 3.36. The Morgan fingerprint density at radius 1 is 0.955 bits per heavy atom. The molecule has 110 valence electrons. The second kappa shape index (κ2) is 5.78. The molecule has 3 aromatic rings. The molecule has 22 heavy (non-hydrogen) atoms. The van der Waals surface area contributed by atoms with Crippen molar-refractivity contribution in [3.8, 4) is 0 Å². The molecule has 0 bridgehead atoms. The van der Waals surface area contributed by atoms with Gasteiger partial charge in [-0.15, -0.1) is 0 Å². The van der Waals surface area contributed by atoms with E-state index in [0.717, 1.165) is 18.9 Å². The van der Waals surface area contributed by atoms with E-state index < -0.39 is 0 Å². The summed E-state index contributed by atoms with van der Waals surface area (Å²) in [6.07, 6.45) is 4.02. The average Bonchev–Trinajstić information content (AvgIpc) is 3.07. The quantitative estimate of drug-likeness (QED) is 0.801. The molecule has 4 rings (SSSR count). The van der Waals surface area contributed by atoms with Crippen molar-refractivity contribution in [1.82, 2.24) is 14.9 Å². The number of nitrogens with one attached hydrogen (secondary N) is 1. The molecule has 2 heterocycles. The number of imidazole rings is 1. The molecule has 2 aromatic carbocycles. The SMILES string of the molecule is c1ccc(C(c2ccccc2)C2CNCc3nccn32)cc1. The topological polar surface area (TPSA) is 29.9 Å². The zero-order valence-corrected chi connectivity index (χ0v) is 12.4. The van der Waals surface area contributed by atoms with E-state index in [2.05, 4.69) is 81.7 Å². The highest BCUT2D eigenvalue weighted by molar-refractivity contribution is 5.34. The van der Waals surface area contributed by atoms with Crippen molar-refractivity contribution in [3.63, 3.8) is 0 Å². The third-order valence-corrected chi connectivity index (χ3v) is 4.44. The first-order chi connectivity index (χ1) is 10.9. The zero-order valence-electron chi connectivity index (χ0n) is 12.4. The Bertz CT molecular complexity index is 694. The van der Waals surface area contributed by atoms with Crippen molar-refractivity contribution >= 4 is 0 Å². The average molecular weight is 289 g/mol. The molecule has 1 unspecified atom stereocenters. The van der Waals surface area contributed by atoms with E-state index in [1.807, 2.05) is 6.20 Å². The summed E-state index contributed by atoms with van der Waals surface area (Å²) in [6.45, 7) is 1.80. The van der Waals surface area contributed by atoms with E-state index in [0.29, 0.717) is 12.0 Å². The molecule has 0 aliphatic carbocycles. The van der Waals surface area contributed by atoms with E-state index in [1.165, 1.54) is 11.1 Å². The van der Waals surface area contributed by atoms with E-state index in [9.17, 15) is 0 Å². The van der Waals surface area contributed by atoms with Gasteiger partial charge in [0.25, 0.3) is 0 Å². The Hall–Kier alpha value is -2.39. The predicted molar refractivity (Wildman–Crippen MR) is 87.7 cm³/mol. The molecule has 0 saturated carbocycles. The van der Waals surface area contributed by atoms with Crippen LogP contribution in [-0.4, -0.2) is 16.1 Å². The molecule has 0 spiro atoms. The van der Waals surface area contributed by atoms with Crippen LogP contribution in [0.4, 0.5) is 0 Å². The van der Waals surface area contributed by atoms with Gasteiger partial charge < -0.3 is 9.88 Å². The number of hydrogen-bond acceptors (Lipinski definition) is 2. The molecule has 1 N–H and O–H groups in total. The summed E-state index contributed by atoms with van der Waals surface area (Å²) in [5, 5.41) is 3.51. The van der Waals surface area contributed by atoms with Gasteiger partial charge in [0, 0.05) is 24.9 Å². The summed E-state index contributed by atoms with van der Waals surface area (Å²) in [5.41, 5.74) is 2.70. The van der Waals surface area contributed by atoms with Gasteiger partial charge in [-0.3, -0.25) is 0 Å². The second-order valence-electron chi connectivity index (χ2n) is 5.75. The molecule has 1 aromatic heterocycles. The van der Waals surface area contributed by atoms with Crippen LogP contribution in [0.3, 0.4) is 0 Å². The van der Waals surface area contributed by atoms with Crippen molar-refractivity contribution in [3.05, 3.63) is 90.0 Å². The maximum atomic E-state index is 4.48. The summed E-state index contributed by atoms with van der Waals surface area (Å²) >= 11 is 0. The summed E-state index contributed by atoms with van der Waals surface area (Å²) in [5.74, 6) is 1.44. The van der Waals surface area contributed by atoms with Crippen LogP contribution in [0.2, 0.25) is 0 Å². The lowest BCUT2D eigenvalue weighted by Gasteiger charge is -2.33. The fourth-order valence-electron chi connectivity index (χ4n) is 3.45. The van der Waals surface area contributed by atoms with E-state index in [4.69, 9.17) is 0 Å². The second-order valence-corrected chi connectivity index (χ2v) is 5.75. The van der Waals surface area contributed by atoms with E-state index >= 15 is 0 Å². The molecule has 1 atom stereocenters. The molecule has 1 aliphatic rings. The molecule has 0 fully saturated rings. The Balaban J connectivity index is 1.83. The van der Waals surface area contributed by atoms with E-state index in [1.54, 1.807) is 0 Å². The van der Waals surface area contributed by atoms with Crippen LogP contribution < -0.4 is 5.32 Å². The first-order valence-corrected chi connectivity index (χ1v) is 7.76. The summed E-state index contributed by atoms with van der Waals surface area (Å²) in [7, 11) is 0. The molecule has 1 aliphatic heterocycles. The highest BCUT2D eigenvalue weighted by Crippen LogP contribution is 2.36. The Kier molecular flexibility index (Phi) is 3.49.